The topological polar surface area (TPSA) is 0 Å². The summed E-state index contributed by atoms with van der Waals surface area (Å²) in [6, 6.07) is 0. The molecule has 7 heavy (non-hydrogen) atoms. The van der Waals surface area contributed by atoms with E-state index in [0.717, 1.165) is 0 Å². The number of rotatable bonds is 0. The van der Waals surface area contributed by atoms with Gasteiger partial charge in [-0.2, -0.15) is 0 Å². The molecule has 0 amide bonds. The monoisotopic (exact) mass is 614 g/mol. The second kappa shape index (κ2) is 47.8. The van der Waals surface area contributed by atoms with Crippen molar-refractivity contribution in [1.82, 2.24) is 0 Å². The summed E-state index contributed by atoms with van der Waals surface area (Å²) in [5, 5.41) is 0. The van der Waals surface area contributed by atoms with E-state index in [1.54, 1.807) is 0 Å². The zero-order valence-electron chi connectivity index (χ0n) is 2.60. The Morgan fingerprint density at radius 2 is 1.00 bits per heavy atom. The molecule has 0 N–H and O–H groups in total. The largest absolute Gasteiger partial charge is 0 e. The standard InChI is InChI=1S/BH3.Be.Cr.La.Sb.W.Zr.5H/h1H3;;;;;;;;;;;. The number of hydrogen-bond donors (Lipinski definition) is 0. The van der Waals surface area contributed by atoms with Crippen molar-refractivity contribution in [3.05, 3.63) is 0 Å². The van der Waals surface area contributed by atoms with Crippen LogP contribution in [-0.2, 0) is 64.6 Å². The van der Waals surface area contributed by atoms with Gasteiger partial charge >= 0.3 is 34.5 Å². The molecular formula is H8BBeCrLaSbWZr. The van der Waals surface area contributed by atoms with Gasteiger partial charge in [0.25, 0.3) is 0 Å². The van der Waals surface area contributed by atoms with Gasteiger partial charge in [0.1, 0.15) is 0 Å². The average molecular weight is 616 g/mol. The first kappa shape index (κ1) is 64.2. The van der Waals surface area contributed by atoms with Crippen LogP contribution < -0.4 is 0 Å². The predicted octanol–water partition coefficient (Wildman–Crippen LogP) is -3.29. The van der Waals surface area contributed by atoms with Gasteiger partial charge in [-0.15, -0.1) is 0 Å². The molecule has 1 radical (unpaired) electrons. The summed E-state index contributed by atoms with van der Waals surface area (Å²) >= 11 is 0. The van der Waals surface area contributed by atoms with Crippen LogP contribution in [0, 0.1) is 35.6 Å². The van der Waals surface area contributed by atoms with Crippen molar-refractivity contribution >= 4 is 43.0 Å². The zero-order valence-corrected chi connectivity index (χ0v) is 16.9. The molecule has 0 heterocycles. The van der Waals surface area contributed by atoms with Crippen molar-refractivity contribution in [2.45, 2.75) is 0 Å². The summed E-state index contributed by atoms with van der Waals surface area (Å²) in [7, 11) is 0. The van der Waals surface area contributed by atoms with E-state index in [1.807, 2.05) is 0 Å². The maximum absolute atomic E-state index is 0. The first-order valence-corrected chi connectivity index (χ1v) is 0. The fraction of sp³-hybridized carbons (Fsp3) is 0. The van der Waals surface area contributed by atoms with Crippen molar-refractivity contribution in [3.63, 3.8) is 0 Å². The van der Waals surface area contributed by atoms with Crippen LogP contribution in [-0.4, -0.2) is 43.0 Å². The van der Waals surface area contributed by atoms with Crippen molar-refractivity contribution in [1.29, 1.82) is 0 Å². The Labute approximate surface area is 140 Å². The van der Waals surface area contributed by atoms with Crippen molar-refractivity contribution in [2.24, 2.45) is 0 Å². The van der Waals surface area contributed by atoms with Crippen molar-refractivity contribution < 1.29 is 100 Å². The fourth-order valence-electron chi connectivity index (χ4n) is 0. The minimum Gasteiger partial charge on any atom is 0 e. The van der Waals surface area contributed by atoms with Gasteiger partial charge in [-0.1, -0.05) is 0 Å². The van der Waals surface area contributed by atoms with Crippen molar-refractivity contribution in [3.8, 4) is 0 Å². The van der Waals surface area contributed by atoms with Crippen LogP contribution in [0.4, 0.5) is 0 Å². The van der Waals surface area contributed by atoms with Crippen LogP contribution >= 0.6 is 0 Å². The van der Waals surface area contributed by atoms with E-state index in [1.165, 1.54) is 0 Å². The third-order valence-electron chi connectivity index (χ3n) is 0. The molecule has 0 unspecified atom stereocenters. The normalized spacial score (nSPS) is 0. The molecule has 37 valence electrons. The molecule has 0 aliphatic carbocycles. The molecule has 0 atom stereocenters. The summed E-state index contributed by atoms with van der Waals surface area (Å²) < 4.78 is 0. The van der Waals surface area contributed by atoms with Gasteiger partial charge in [-0.3, -0.25) is 0 Å². The Morgan fingerprint density at radius 3 is 1.00 bits per heavy atom. The fourth-order valence-corrected chi connectivity index (χ4v) is 0. The van der Waals surface area contributed by atoms with Gasteiger partial charge in [0.05, 0.1) is 8.41 Å². The maximum Gasteiger partial charge on any atom is 0 e. The van der Waals surface area contributed by atoms with E-state index in [4.69, 9.17) is 0 Å². The Bertz CT molecular complexity index is 19.7. The molecule has 0 bridgehead atoms. The van der Waals surface area contributed by atoms with Gasteiger partial charge < -0.3 is 0 Å². The summed E-state index contributed by atoms with van der Waals surface area (Å²) in [5.41, 5.74) is 0. The molecule has 0 nitrogen and oxygen atoms in total. The van der Waals surface area contributed by atoms with E-state index in [2.05, 4.69) is 0 Å². The van der Waals surface area contributed by atoms with Crippen molar-refractivity contribution in [2.75, 3.05) is 0 Å². The maximum atomic E-state index is 0. The van der Waals surface area contributed by atoms with Gasteiger partial charge in [0.2, 0.25) is 0 Å². The molecule has 0 aliphatic rings. The molecular weight excluding hydrogens is 608 g/mol. The van der Waals surface area contributed by atoms with E-state index in [9.17, 15) is 0 Å². The average Bonchev–Trinajstić information content (AvgIpc) is 0. The van der Waals surface area contributed by atoms with Crippen LogP contribution in [0.2, 0.25) is 0 Å². The van der Waals surface area contributed by atoms with Crippen LogP contribution in [0.3, 0.4) is 0 Å². The van der Waals surface area contributed by atoms with E-state index in [0.29, 0.717) is 0 Å². The summed E-state index contributed by atoms with van der Waals surface area (Å²) in [5.74, 6) is 0. The minimum atomic E-state index is 0. The molecule has 0 saturated heterocycles. The third-order valence-corrected chi connectivity index (χ3v) is 0. The van der Waals surface area contributed by atoms with Gasteiger partial charge in [-0.05, 0) is 0 Å². The second-order valence-electron chi connectivity index (χ2n) is 0. The first-order valence-electron chi connectivity index (χ1n) is 0. The molecule has 0 rings (SSSR count). The van der Waals surface area contributed by atoms with Gasteiger partial charge in [0, 0.05) is 100 Å². The molecule has 0 aromatic carbocycles. The molecule has 7 heteroatoms. The van der Waals surface area contributed by atoms with Gasteiger partial charge in [0.15, 0.2) is 0 Å². The Kier molecular flexibility index (Phi) is 439. The number of hydrogen-bond acceptors (Lipinski definition) is 0. The quantitative estimate of drug-likeness (QED) is 0.251. The predicted molar refractivity (Wildman–Crippen MR) is 28.4 cm³/mol. The Hall–Kier alpha value is 4.35. The molecule has 0 fully saturated rings. The van der Waals surface area contributed by atoms with E-state index in [-0.39, 0.29) is 143 Å². The third kappa shape index (κ3) is 38.1. The van der Waals surface area contributed by atoms with E-state index < -0.39 is 0 Å². The minimum absolute atomic E-state index is 0. The molecule has 0 aliphatic heterocycles. The summed E-state index contributed by atoms with van der Waals surface area (Å²) in [4.78, 5) is 0. The molecule has 0 saturated carbocycles. The molecule has 0 aromatic heterocycles. The second-order valence-corrected chi connectivity index (χ2v) is 0. The Morgan fingerprint density at radius 1 is 1.00 bits per heavy atom. The summed E-state index contributed by atoms with van der Waals surface area (Å²) in [6.07, 6.45) is 0. The SMILES string of the molecule is B.[BeH2].[Cr].[La].[SbH3].[W].[Zr]. The zero-order chi connectivity index (χ0) is 0. The van der Waals surface area contributed by atoms with Crippen LogP contribution in [0.15, 0.2) is 0 Å². The molecule has 0 spiro atoms. The smallest absolute Gasteiger partial charge is 0 e. The first-order chi connectivity index (χ1) is 0. The van der Waals surface area contributed by atoms with Gasteiger partial charge in [-0.25, -0.2) is 0 Å². The molecule has 0 aromatic rings. The van der Waals surface area contributed by atoms with Crippen LogP contribution in [0.5, 0.6) is 0 Å². The van der Waals surface area contributed by atoms with Crippen LogP contribution in [0.1, 0.15) is 0 Å². The van der Waals surface area contributed by atoms with E-state index >= 15 is 0 Å². The Balaban J connectivity index is 0. The summed E-state index contributed by atoms with van der Waals surface area (Å²) in [6.45, 7) is 0. The van der Waals surface area contributed by atoms with Crippen LogP contribution in [0.25, 0.3) is 0 Å².